The van der Waals surface area contributed by atoms with Gasteiger partial charge in [-0.25, -0.2) is 9.97 Å². The van der Waals surface area contributed by atoms with Crippen molar-refractivity contribution in [2.75, 3.05) is 68.9 Å². The Kier molecular flexibility index (Phi) is 7.98. The van der Waals surface area contributed by atoms with Crippen molar-refractivity contribution in [1.82, 2.24) is 19.8 Å². The molecule has 0 radical (unpaired) electrons. The van der Waals surface area contributed by atoms with E-state index in [-0.39, 0.29) is 5.91 Å². The highest BCUT2D eigenvalue weighted by Crippen LogP contribution is 2.26. The van der Waals surface area contributed by atoms with Gasteiger partial charge in [0.05, 0.1) is 5.75 Å². The van der Waals surface area contributed by atoms with Gasteiger partial charge >= 0.3 is 0 Å². The first kappa shape index (κ1) is 24.1. The Morgan fingerprint density at radius 1 is 1.12 bits per heavy atom. The van der Waals surface area contributed by atoms with Gasteiger partial charge in [0.15, 0.2) is 5.16 Å². The number of hydrogen-bond acceptors (Lipinski definition) is 7. The second-order valence-electron chi connectivity index (χ2n) is 8.92. The number of para-hydroxylation sites is 1. The predicted molar refractivity (Wildman–Crippen MR) is 137 cm³/mol. The number of thioether (sulfide) groups is 1. The van der Waals surface area contributed by atoms with E-state index in [1.165, 1.54) is 23.0 Å². The highest BCUT2D eigenvalue weighted by atomic mass is 35.5. The fourth-order valence-corrected chi connectivity index (χ4v) is 5.52. The third-order valence-electron chi connectivity index (χ3n) is 6.67. The summed E-state index contributed by atoms with van der Waals surface area (Å²) >= 11 is 7.68. The monoisotopic (exact) mass is 488 g/mol. The molecule has 1 aromatic heterocycles. The Balaban J connectivity index is 1.31. The van der Waals surface area contributed by atoms with Crippen LogP contribution in [0.2, 0.25) is 5.15 Å². The summed E-state index contributed by atoms with van der Waals surface area (Å²) in [6, 6.07) is 10.7. The van der Waals surface area contributed by atoms with Gasteiger partial charge in [0.25, 0.3) is 0 Å². The number of benzene rings is 1. The Morgan fingerprint density at radius 3 is 2.52 bits per heavy atom. The average Bonchev–Trinajstić information content (AvgIpc) is 2.83. The van der Waals surface area contributed by atoms with Crippen molar-refractivity contribution in [2.24, 2.45) is 0 Å². The molecule has 2 fully saturated rings. The van der Waals surface area contributed by atoms with Crippen molar-refractivity contribution in [3.8, 4) is 0 Å². The molecule has 0 bridgehead atoms. The summed E-state index contributed by atoms with van der Waals surface area (Å²) in [5.41, 5.74) is 2.53. The van der Waals surface area contributed by atoms with Crippen LogP contribution in [-0.2, 0) is 4.79 Å². The summed E-state index contributed by atoms with van der Waals surface area (Å²) in [6.45, 7) is 7.46. The summed E-state index contributed by atoms with van der Waals surface area (Å²) in [7, 11) is 4.23. The summed E-state index contributed by atoms with van der Waals surface area (Å²) < 4.78 is 0. The Bertz CT molecular complexity index is 960. The van der Waals surface area contributed by atoms with Crippen LogP contribution in [0.3, 0.4) is 0 Å². The van der Waals surface area contributed by atoms with E-state index < -0.39 is 0 Å². The van der Waals surface area contributed by atoms with Crippen molar-refractivity contribution in [3.63, 3.8) is 0 Å². The van der Waals surface area contributed by atoms with E-state index in [0.717, 1.165) is 57.9 Å². The molecule has 4 rings (SSSR count). The molecule has 1 amide bonds. The zero-order valence-corrected chi connectivity index (χ0v) is 21.3. The molecule has 9 heteroatoms. The molecule has 2 aliphatic heterocycles. The number of anilines is 2. The molecule has 2 saturated heterocycles. The minimum absolute atomic E-state index is 0.123. The molecule has 178 valence electrons. The molecule has 0 saturated carbocycles. The second kappa shape index (κ2) is 10.9. The molecule has 0 spiro atoms. The molecule has 0 unspecified atom stereocenters. The normalized spacial score (nSPS) is 17.9. The molecule has 0 N–H and O–H groups in total. The van der Waals surface area contributed by atoms with Crippen LogP contribution < -0.4 is 9.80 Å². The molecule has 0 atom stereocenters. The van der Waals surface area contributed by atoms with Crippen LogP contribution in [0, 0.1) is 6.92 Å². The summed E-state index contributed by atoms with van der Waals surface area (Å²) in [6.07, 6.45) is 2.20. The van der Waals surface area contributed by atoms with E-state index >= 15 is 0 Å². The first-order valence-corrected chi connectivity index (χ1v) is 12.9. The largest absolute Gasteiger partial charge is 0.368 e. The molecule has 2 aliphatic rings. The summed E-state index contributed by atoms with van der Waals surface area (Å²) in [5, 5.41) is 0.978. The van der Waals surface area contributed by atoms with Gasteiger partial charge in [-0.2, -0.15) is 0 Å². The zero-order valence-electron chi connectivity index (χ0n) is 19.7. The van der Waals surface area contributed by atoms with E-state index in [2.05, 4.69) is 65.0 Å². The number of carbonyl (C=O) groups is 1. The van der Waals surface area contributed by atoms with Crippen LogP contribution in [0.15, 0.2) is 35.5 Å². The lowest BCUT2D eigenvalue weighted by Gasteiger charge is -2.36. The van der Waals surface area contributed by atoms with E-state index in [1.807, 2.05) is 11.0 Å². The van der Waals surface area contributed by atoms with Gasteiger partial charge in [-0.15, -0.1) is 0 Å². The van der Waals surface area contributed by atoms with Crippen LogP contribution in [0.1, 0.15) is 18.4 Å². The van der Waals surface area contributed by atoms with Crippen molar-refractivity contribution >= 4 is 40.8 Å². The second-order valence-corrected chi connectivity index (χ2v) is 10.2. The standard InChI is InChI=1S/C24H33ClN6OS/c1-18-6-4-5-7-20(18)30-12-14-31(15-13-30)23(32)17-33-24-26-21(25)16-22(27-24)29(3)19-8-10-28(2)11-9-19/h4-7,16,19H,8-15,17H2,1-3H3. The molecule has 33 heavy (non-hydrogen) atoms. The molecular weight excluding hydrogens is 456 g/mol. The molecule has 7 nitrogen and oxygen atoms in total. The van der Waals surface area contributed by atoms with Crippen LogP contribution in [0.4, 0.5) is 11.5 Å². The number of carbonyl (C=O) groups excluding carboxylic acids is 1. The number of nitrogens with zero attached hydrogens (tertiary/aromatic N) is 6. The highest BCUT2D eigenvalue weighted by molar-refractivity contribution is 7.99. The topological polar surface area (TPSA) is 55.8 Å². The quantitative estimate of drug-likeness (QED) is 0.351. The van der Waals surface area contributed by atoms with Gasteiger partial charge in [0.1, 0.15) is 11.0 Å². The van der Waals surface area contributed by atoms with Crippen LogP contribution in [-0.4, -0.2) is 90.8 Å². The number of aryl methyl sites for hydroxylation is 1. The highest BCUT2D eigenvalue weighted by Gasteiger charge is 2.24. The van der Waals surface area contributed by atoms with Crippen LogP contribution >= 0.6 is 23.4 Å². The zero-order chi connectivity index (χ0) is 23.4. The third kappa shape index (κ3) is 6.11. The molecular formula is C24H33ClN6OS. The first-order valence-electron chi connectivity index (χ1n) is 11.6. The van der Waals surface area contributed by atoms with E-state index in [4.69, 9.17) is 16.6 Å². The minimum atomic E-state index is 0.123. The number of hydrogen-bond donors (Lipinski definition) is 0. The Morgan fingerprint density at radius 2 is 1.82 bits per heavy atom. The SMILES string of the molecule is Cc1ccccc1N1CCN(C(=O)CSc2nc(Cl)cc(N(C)C3CCN(C)CC3)n2)CC1. The van der Waals surface area contributed by atoms with Gasteiger partial charge < -0.3 is 19.6 Å². The maximum Gasteiger partial charge on any atom is 0.233 e. The van der Waals surface area contributed by atoms with E-state index in [9.17, 15) is 4.79 Å². The maximum absolute atomic E-state index is 12.8. The lowest BCUT2D eigenvalue weighted by atomic mass is 10.0. The fourth-order valence-electron chi connectivity index (χ4n) is 4.53. The summed E-state index contributed by atoms with van der Waals surface area (Å²) in [5.74, 6) is 1.27. The van der Waals surface area contributed by atoms with Crippen LogP contribution in [0.25, 0.3) is 0 Å². The number of piperidine rings is 1. The van der Waals surface area contributed by atoms with Gasteiger partial charge in [-0.05, 0) is 51.5 Å². The Hall–Kier alpha value is -2.03. The first-order chi connectivity index (χ1) is 15.9. The van der Waals surface area contributed by atoms with Crippen molar-refractivity contribution < 1.29 is 4.79 Å². The van der Waals surface area contributed by atoms with Crippen molar-refractivity contribution in [1.29, 1.82) is 0 Å². The molecule has 0 aliphatic carbocycles. The average molecular weight is 489 g/mol. The molecule has 2 aromatic rings. The van der Waals surface area contributed by atoms with Crippen LogP contribution in [0.5, 0.6) is 0 Å². The maximum atomic E-state index is 12.8. The van der Waals surface area contributed by atoms with Gasteiger partial charge in [0.2, 0.25) is 5.91 Å². The van der Waals surface area contributed by atoms with Gasteiger partial charge in [-0.3, -0.25) is 4.79 Å². The predicted octanol–water partition coefficient (Wildman–Crippen LogP) is 3.41. The van der Waals surface area contributed by atoms with Gasteiger partial charge in [-0.1, -0.05) is 41.6 Å². The number of piperazine rings is 1. The molecule has 1 aromatic carbocycles. The van der Waals surface area contributed by atoms with Crippen molar-refractivity contribution in [2.45, 2.75) is 31.0 Å². The lowest BCUT2D eigenvalue weighted by molar-refractivity contribution is -0.128. The molecule has 3 heterocycles. The Labute approximate surface area is 206 Å². The van der Waals surface area contributed by atoms with Gasteiger partial charge in [0, 0.05) is 51.0 Å². The smallest absolute Gasteiger partial charge is 0.233 e. The lowest BCUT2D eigenvalue weighted by Crippen LogP contribution is -2.49. The number of aromatic nitrogens is 2. The number of halogens is 1. The van der Waals surface area contributed by atoms with Crippen molar-refractivity contribution in [3.05, 3.63) is 41.0 Å². The number of amides is 1. The third-order valence-corrected chi connectivity index (χ3v) is 7.70. The van der Waals surface area contributed by atoms with E-state index in [0.29, 0.717) is 22.1 Å². The number of likely N-dealkylation sites (tertiary alicyclic amines) is 1. The number of rotatable bonds is 6. The fraction of sp³-hybridized carbons (Fsp3) is 0.542. The van der Waals surface area contributed by atoms with E-state index in [1.54, 1.807) is 0 Å². The minimum Gasteiger partial charge on any atom is -0.368 e. The summed E-state index contributed by atoms with van der Waals surface area (Å²) in [4.78, 5) is 30.8.